The largest absolute Gasteiger partial charge is 0.339 e. The maximum Gasteiger partial charge on any atom is 0.269 e. The third-order valence-electron chi connectivity index (χ3n) is 5.62. The SMILES string of the molecule is CN(C(=O)c1ccccc1NC(=S)NC(=O)/C=C/c1ccc([N+](=O)[O-])cc1)C1CCCCC1. The summed E-state index contributed by atoms with van der Waals surface area (Å²) in [5, 5.41) is 16.3. The number of nitro groups is 1. The van der Waals surface area contributed by atoms with Crippen molar-refractivity contribution in [2.45, 2.75) is 38.1 Å². The van der Waals surface area contributed by atoms with Gasteiger partial charge in [0.1, 0.15) is 0 Å². The molecule has 0 atom stereocenters. The number of benzene rings is 2. The van der Waals surface area contributed by atoms with E-state index >= 15 is 0 Å². The zero-order valence-corrected chi connectivity index (χ0v) is 19.1. The summed E-state index contributed by atoms with van der Waals surface area (Å²) >= 11 is 5.25. The zero-order valence-electron chi connectivity index (χ0n) is 18.3. The summed E-state index contributed by atoms with van der Waals surface area (Å²) in [4.78, 5) is 37.3. The van der Waals surface area contributed by atoms with Crippen molar-refractivity contribution in [3.8, 4) is 0 Å². The first-order valence-electron chi connectivity index (χ1n) is 10.8. The van der Waals surface area contributed by atoms with E-state index in [1.54, 1.807) is 41.3 Å². The molecule has 1 aliphatic rings. The summed E-state index contributed by atoms with van der Waals surface area (Å²) in [5.74, 6) is -0.550. The molecular weight excluding hydrogens is 440 g/mol. The van der Waals surface area contributed by atoms with Crippen LogP contribution in [0.25, 0.3) is 6.08 Å². The van der Waals surface area contributed by atoms with Crippen molar-refractivity contribution in [3.63, 3.8) is 0 Å². The van der Waals surface area contributed by atoms with Crippen molar-refractivity contribution in [2.24, 2.45) is 0 Å². The van der Waals surface area contributed by atoms with E-state index in [1.165, 1.54) is 30.7 Å². The van der Waals surface area contributed by atoms with E-state index in [9.17, 15) is 19.7 Å². The van der Waals surface area contributed by atoms with Crippen LogP contribution in [0.4, 0.5) is 11.4 Å². The molecule has 0 heterocycles. The number of nitrogens with one attached hydrogen (secondary N) is 2. The van der Waals surface area contributed by atoms with Crippen LogP contribution in [0.5, 0.6) is 0 Å². The first kappa shape index (κ1) is 24.1. The number of amides is 2. The summed E-state index contributed by atoms with van der Waals surface area (Å²) < 4.78 is 0. The number of non-ortho nitro benzene ring substituents is 1. The van der Waals surface area contributed by atoms with E-state index in [1.807, 2.05) is 7.05 Å². The van der Waals surface area contributed by atoms with Gasteiger partial charge in [-0.2, -0.15) is 0 Å². The molecule has 33 heavy (non-hydrogen) atoms. The van der Waals surface area contributed by atoms with Crippen LogP contribution in [0, 0.1) is 10.1 Å². The second-order valence-corrected chi connectivity index (χ2v) is 8.29. The van der Waals surface area contributed by atoms with Crippen molar-refractivity contribution in [3.05, 3.63) is 75.8 Å². The highest BCUT2D eigenvalue weighted by Crippen LogP contribution is 2.25. The first-order valence-corrected chi connectivity index (χ1v) is 11.2. The van der Waals surface area contributed by atoms with Gasteiger partial charge in [0.05, 0.1) is 16.2 Å². The van der Waals surface area contributed by atoms with E-state index in [0.717, 1.165) is 25.7 Å². The number of anilines is 1. The number of thiocarbonyl (C=S) groups is 1. The van der Waals surface area contributed by atoms with Gasteiger partial charge in [-0.25, -0.2) is 0 Å². The lowest BCUT2D eigenvalue weighted by Gasteiger charge is -2.31. The Balaban J connectivity index is 1.60. The Morgan fingerprint density at radius 1 is 1.09 bits per heavy atom. The minimum absolute atomic E-state index is 0.0238. The Labute approximate surface area is 197 Å². The highest BCUT2D eigenvalue weighted by molar-refractivity contribution is 7.80. The van der Waals surface area contributed by atoms with Crippen LogP contribution in [0.2, 0.25) is 0 Å². The summed E-state index contributed by atoms with van der Waals surface area (Å²) in [6.45, 7) is 0. The van der Waals surface area contributed by atoms with Gasteiger partial charge >= 0.3 is 0 Å². The molecule has 8 nitrogen and oxygen atoms in total. The highest BCUT2D eigenvalue weighted by Gasteiger charge is 2.24. The lowest BCUT2D eigenvalue weighted by molar-refractivity contribution is -0.384. The molecule has 1 fully saturated rings. The number of para-hydroxylation sites is 1. The summed E-state index contributed by atoms with van der Waals surface area (Å²) in [7, 11) is 1.83. The van der Waals surface area contributed by atoms with Crippen LogP contribution in [-0.4, -0.2) is 39.8 Å². The number of hydrogen-bond acceptors (Lipinski definition) is 5. The Bertz CT molecular complexity index is 1060. The molecule has 0 aromatic heterocycles. The minimum Gasteiger partial charge on any atom is -0.339 e. The molecule has 2 N–H and O–H groups in total. The van der Waals surface area contributed by atoms with Crippen molar-refractivity contribution in [2.75, 3.05) is 12.4 Å². The fourth-order valence-electron chi connectivity index (χ4n) is 3.79. The van der Waals surface area contributed by atoms with Gasteiger partial charge in [-0.05, 0) is 61.0 Å². The molecule has 1 saturated carbocycles. The number of carbonyl (C=O) groups is 2. The molecular formula is C24H26N4O4S. The van der Waals surface area contributed by atoms with Gasteiger partial charge in [0.25, 0.3) is 11.6 Å². The van der Waals surface area contributed by atoms with Gasteiger partial charge in [-0.3, -0.25) is 25.0 Å². The lowest BCUT2D eigenvalue weighted by Crippen LogP contribution is -2.39. The van der Waals surface area contributed by atoms with Gasteiger partial charge in [0.15, 0.2) is 5.11 Å². The van der Waals surface area contributed by atoms with Crippen LogP contribution in [0.3, 0.4) is 0 Å². The topological polar surface area (TPSA) is 105 Å². The Morgan fingerprint density at radius 2 is 1.76 bits per heavy atom. The molecule has 172 valence electrons. The number of carbonyl (C=O) groups excluding carboxylic acids is 2. The molecule has 0 radical (unpaired) electrons. The second kappa shape index (κ2) is 11.3. The molecule has 0 saturated heterocycles. The Hall–Kier alpha value is -3.59. The van der Waals surface area contributed by atoms with Crippen molar-refractivity contribution in [1.82, 2.24) is 10.2 Å². The number of nitrogens with zero attached hydrogens (tertiary/aromatic N) is 2. The maximum absolute atomic E-state index is 13.1. The maximum atomic E-state index is 13.1. The molecule has 9 heteroatoms. The monoisotopic (exact) mass is 466 g/mol. The van der Waals surface area contributed by atoms with Crippen molar-refractivity contribution < 1.29 is 14.5 Å². The third-order valence-corrected chi connectivity index (χ3v) is 5.82. The van der Waals surface area contributed by atoms with Crippen LogP contribution in [-0.2, 0) is 4.79 Å². The Morgan fingerprint density at radius 3 is 2.42 bits per heavy atom. The van der Waals surface area contributed by atoms with Gasteiger partial charge in [-0.1, -0.05) is 31.4 Å². The molecule has 0 unspecified atom stereocenters. The predicted molar refractivity (Wildman–Crippen MR) is 132 cm³/mol. The molecule has 0 aliphatic heterocycles. The van der Waals surface area contributed by atoms with Crippen LogP contribution < -0.4 is 10.6 Å². The average molecular weight is 467 g/mol. The average Bonchev–Trinajstić information content (AvgIpc) is 2.83. The fraction of sp³-hybridized carbons (Fsp3) is 0.292. The first-order chi connectivity index (χ1) is 15.8. The summed E-state index contributed by atoms with van der Waals surface area (Å²) in [5.41, 5.74) is 1.62. The van der Waals surface area contributed by atoms with Crippen molar-refractivity contribution in [1.29, 1.82) is 0 Å². The van der Waals surface area contributed by atoms with E-state index in [0.29, 0.717) is 16.8 Å². The molecule has 3 rings (SSSR count). The summed E-state index contributed by atoms with van der Waals surface area (Å²) in [6.07, 6.45) is 8.29. The number of rotatable bonds is 6. The molecule has 0 bridgehead atoms. The molecule has 2 aromatic carbocycles. The van der Waals surface area contributed by atoms with Gasteiger partial charge in [-0.15, -0.1) is 0 Å². The second-order valence-electron chi connectivity index (χ2n) is 7.88. The van der Waals surface area contributed by atoms with Crippen LogP contribution >= 0.6 is 12.2 Å². The molecule has 2 aromatic rings. The minimum atomic E-state index is -0.486. The van der Waals surface area contributed by atoms with E-state index in [4.69, 9.17) is 12.2 Å². The summed E-state index contributed by atoms with van der Waals surface area (Å²) in [6, 6.07) is 13.1. The van der Waals surface area contributed by atoms with Crippen LogP contribution in [0.15, 0.2) is 54.6 Å². The van der Waals surface area contributed by atoms with Gasteiger partial charge < -0.3 is 10.2 Å². The zero-order chi connectivity index (χ0) is 23.8. The van der Waals surface area contributed by atoms with E-state index < -0.39 is 10.8 Å². The number of nitro benzene ring substituents is 1. The normalized spacial score (nSPS) is 14.0. The van der Waals surface area contributed by atoms with Gasteiger partial charge in [0, 0.05) is 31.3 Å². The van der Waals surface area contributed by atoms with E-state index in [-0.39, 0.29) is 22.7 Å². The molecule has 2 amide bonds. The number of hydrogen-bond donors (Lipinski definition) is 2. The Kier molecular flexibility index (Phi) is 8.26. The van der Waals surface area contributed by atoms with Gasteiger partial charge in [0.2, 0.25) is 5.91 Å². The predicted octanol–water partition coefficient (Wildman–Crippen LogP) is 4.53. The third kappa shape index (κ3) is 6.69. The quantitative estimate of drug-likeness (QED) is 0.281. The van der Waals surface area contributed by atoms with E-state index in [2.05, 4.69) is 10.6 Å². The van der Waals surface area contributed by atoms with Crippen LogP contribution in [0.1, 0.15) is 48.0 Å². The van der Waals surface area contributed by atoms with Crippen molar-refractivity contribution >= 4 is 46.6 Å². The fourth-order valence-corrected chi connectivity index (χ4v) is 4.00. The molecule has 0 spiro atoms. The lowest BCUT2D eigenvalue weighted by atomic mass is 9.94. The standard InChI is InChI=1S/C24H26N4O4S/c1-27(18-7-3-2-4-8-18)23(30)20-9-5-6-10-21(20)25-24(33)26-22(29)16-13-17-11-14-19(15-12-17)28(31)32/h5-6,9-16,18H,2-4,7-8H2,1H3,(H2,25,26,29,33)/b16-13+. The smallest absolute Gasteiger partial charge is 0.269 e. The highest BCUT2D eigenvalue weighted by atomic mass is 32.1. The molecule has 1 aliphatic carbocycles.